The Morgan fingerprint density at radius 1 is 1.50 bits per heavy atom. The van der Waals surface area contributed by atoms with Crippen molar-refractivity contribution in [2.24, 2.45) is 5.92 Å². The number of likely N-dealkylation sites (tertiary alicyclic amines) is 1. The van der Waals surface area contributed by atoms with Crippen LogP contribution < -0.4 is 0 Å². The minimum absolute atomic E-state index is 0.0938. The number of alkyl halides is 3. The standard InChI is InChI=1S/C8H9F3N2O/c9-8(10,11)7(14)13-3-1-2-6(4-12)5-13/h6H,1-3,5H2. The second kappa shape index (κ2) is 3.86. The molecule has 0 spiro atoms. The van der Waals surface area contributed by atoms with E-state index in [1.807, 2.05) is 6.07 Å². The molecule has 0 aromatic rings. The fraction of sp³-hybridized carbons (Fsp3) is 0.750. The molecule has 1 amide bonds. The van der Waals surface area contributed by atoms with Crippen molar-refractivity contribution in [3.8, 4) is 6.07 Å². The fourth-order valence-electron chi connectivity index (χ4n) is 1.45. The fourth-order valence-corrected chi connectivity index (χ4v) is 1.45. The molecule has 0 radical (unpaired) electrons. The number of piperidine rings is 1. The summed E-state index contributed by atoms with van der Waals surface area (Å²) in [6.45, 7) is -0.00856. The van der Waals surface area contributed by atoms with Crippen LogP contribution in [0.25, 0.3) is 0 Å². The Morgan fingerprint density at radius 2 is 2.14 bits per heavy atom. The molecule has 0 N–H and O–H groups in total. The zero-order chi connectivity index (χ0) is 10.8. The average molecular weight is 206 g/mol. The van der Waals surface area contributed by atoms with Crippen LogP contribution in [-0.2, 0) is 4.79 Å². The highest BCUT2D eigenvalue weighted by atomic mass is 19.4. The van der Waals surface area contributed by atoms with E-state index in [4.69, 9.17) is 5.26 Å². The largest absolute Gasteiger partial charge is 0.471 e. The number of nitrogens with zero attached hydrogens (tertiary/aromatic N) is 2. The predicted molar refractivity (Wildman–Crippen MR) is 41.0 cm³/mol. The first kappa shape index (κ1) is 10.8. The van der Waals surface area contributed by atoms with Crippen LogP contribution in [0.4, 0.5) is 13.2 Å². The SMILES string of the molecule is N#CC1CCCN(C(=O)C(F)(F)F)C1. The Hall–Kier alpha value is -1.25. The van der Waals surface area contributed by atoms with Crippen molar-refractivity contribution in [3.05, 3.63) is 0 Å². The van der Waals surface area contributed by atoms with Crippen molar-refractivity contribution in [3.63, 3.8) is 0 Å². The lowest BCUT2D eigenvalue weighted by atomic mass is 10.00. The molecule has 1 rings (SSSR count). The Kier molecular flexibility index (Phi) is 2.99. The molecule has 3 nitrogen and oxygen atoms in total. The van der Waals surface area contributed by atoms with Crippen molar-refractivity contribution in [1.82, 2.24) is 4.90 Å². The number of hydrogen-bond acceptors (Lipinski definition) is 2. The summed E-state index contributed by atoms with van der Waals surface area (Å²) in [4.78, 5) is 11.5. The van der Waals surface area contributed by atoms with Gasteiger partial charge in [-0.25, -0.2) is 0 Å². The van der Waals surface area contributed by atoms with Gasteiger partial charge < -0.3 is 4.90 Å². The molecule has 1 saturated heterocycles. The Labute approximate surface area is 79.1 Å². The highest BCUT2D eigenvalue weighted by Gasteiger charge is 2.43. The third-order valence-corrected chi connectivity index (χ3v) is 2.13. The summed E-state index contributed by atoms with van der Waals surface area (Å²) < 4.78 is 36.0. The van der Waals surface area contributed by atoms with E-state index in [1.54, 1.807) is 0 Å². The maximum absolute atomic E-state index is 12.0. The minimum Gasteiger partial charge on any atom is -0.334 e. The summed E-state index contributed by atoms with van der Waals surface area (Å²) >= 11 is 0. The normalized spacial score (nSPS) is 23.0. The Bertz CT molecular complexity index is 269. The van der Waals surface area contributed by atoms with E-state index < -0.39 is 18.0 Å². The first-order chi connectivity index (χ1) is 6.45. The monoisotopic (exact) mass is 206 g/mol. The van der Waals surface area contributed by atoms with Crippen molar-refractivity contribution in [2.75, 3.05) is 13.1 Å². The minimum atomic E-state index is -4.82. The molecular formula is C8H9F3N2O. The summed E-state index contributed by atoms with van der Waals surface area (Å²) in [5.74, 6) is -2.30. The third kappa shape index (κ3) is 2.37. The molecule has 1 heterocycles. The van der Waals surface area contributed by atoms with Gasteiger partial charge in [-0.2, -0.15) is 18.4 Å². The maximum Gasteiger partial charge on any atom is 0.471 e. The number of rotatable bonds is 0. The van der Waals surface area contributed by atoms with Crippen molar-refractivity contribution >= 4 is 5.91 Å². The maximum atomic E-state index is 12.0. The molecule has 1 atom stereocenters. The molecule has 1 fully saturated rings. The second-order valence-electron chi connectivity index (χ2n) is 3.22. The smallest absolute Gasteiger partial charge is 0.334 e. The van der Waals surface area contributed by atoms with Crippen LogP contribution in [0.3, 0.4) is 0 Å². The van der Waals surface area contributed by atoms with Crippen LogP contribution in [0.1, 0.15) is 12.8 Å². The van der Waals surface area contributed by atoms with Gasteiger partial charge in [0.05, 0.1) is 12.0 Å². The lowest BCUT2D eigenvalue weighted by Crippen LogP contribution is -2.46. The predicted octanol–water partition coefficient (Wildman–Crippen LogP) is 1.31. The molecular weight excluding hydrogens is 197 g/mol. The molecule has 6 heteroatoms. The van der Waals surface area contributed by atoms with Crippen LogP contribution in [0.2, 0.25) is 0 Å². The number of amides is 1. The lowest BCUT2D eigenvalue weighted by molar-refractivity contribution is -0.186. The first-order valence-electron chi connectivity index (χ1n) is 4.21. The molecule has 0 aromatic heterocycles. The van der Waals surface area contributed by atoms with E-state index in [1.165, 1.54) is 0 Å². The van der Waals surface area contributed by atoms with Gasteiger partial charge in [0.2, 0.25) is 0 Å². The molecule has 14 heavy (non-hydrogen) atoms. The zero-order valence-electron chi connectivity index (χ0n) is 7.34. The summed E-state index contributed by atoms with van der Waals surface area (Å²) in [5, 5.41) is 8.52. The van der Waals surface area contributed by atoms with Crippen molar-refractivity contribution in [1.29, 1.82) is 5.26 Å². The number of nitriles is 1. The van der Waals surface area contributed by atoms with Crippen molar-refractivity contribution < 1.29 is 18.0 Å². The van der Waals surface area contributed by atoms with Gasteiger partial charge in [-0.05, 0) is 12.8 Å². The van der Waals surface area contributed by atoms with Crippen molar-refractivity contribution in [2.45, 2.75) is 19.0 Å². The van der Waals surface area contributed by atoms with Gasteiger partial charge >= 0.3 is 12.1 Å². The number of carbonyl (C=O) groups excluding carboxylic acids is 1. The quantitative estimate of drug-likeness (QED) is 0.599. The average Bonchev–Trinajstić information content (AvgIpc) is 2.15. The lowest BCUT2D eigenvalue weighted by Gasteiger charge is -2.29. The van der Waals surface area contributed by atoms with E-state index in [0.29, 0.717) is 17.7 Å². The third-order valence-electron chi connectivity index (χ3n) is 2.13. The Balaban J connectivity index is 2.62. The highest BCUT2D eigenvalue weighted by molar-refractivity contribution is 5.81. The molecule has 1 unspecified atom stereocenters. The van der Waals surface area contributed by atoms with Gasteiger partial charge in [-0.3, -0.25) is 4.79 Å². The molecule has 78 valence electrons. The molecule has 1 aliphatic heterocycles. The second-order valence-corrected chi connectivity index (χ2v) is 3.22. The molecule has 0 aliphatic carbocycles. The highest BCUT2D eigenvalue weighted by Crippen LogP contribution is 2.23. The molecule has 0 bridgehead atoms. The molecule has 0 saturated carbocycles. The summed E-state index contributed by atoms with van der Waals surface area (Å²) in [6.07, 6.45) is -3.80. The van der Waals surface area contributed by atoms with Gasteiger partial charge in [0, 0.05) is 13.1 Å². The van der Waals surface area contributed by atoms with E-state index in [9.17, 15) is 18.0 Å². The summed E-state index contributed by atoms with van der Waals surface area (Å²) in [6, 6.07) is 1.88. The van der Waals surface area contributed by atoms with E-state index in [0.717, 1.165) is 0 Å². The van der Waals surface area contributed by atoms with Crippen LogP contribution in [0.15, 0.2) is 0 Å². The molecule has 1 aliphatic rings. The summed E-state index contributed by atoms with van der Waals surface area (Å²) in [7, 11) is 0. The zero-order valence-corrected chi connectivity index (χ0v) is 7.34. The van der Waals surface area contributed by atoms with Crippen LogP contribution in [0, 0.1) is 17.2 Å². The van der Waals surface area contributed by atoms with E-state index >= 15 is 0 Å². The van der Waals surface area contributed by atoms with Crippen LogP contribution >= 0.6 is 0 Å². The number of hydrogen-bond donors (Lipinski definition) is 0. The summed E-state index contributed by atoms with van der Waals surface area (Å²) in [5.41, 5.74) is 0. The Morgan fingerprint density at radius 3 is 2.64 bits per heavy atom. The van der Waals surface area contributed by atoms with Gasteiger partial charge in [0.25, 0.3) is 0 Å². The van der Waals surface area contributed by atoms with Gasteiger partial charge in [0.1, 0.15) is 0 Å². The topological polar surface area (TPSA) is 44.1 Å². The van der Waals surface area contributed by atoms with E-state index in [-0.39, 0.29) is 13.1 Å². The van der Waals surface area contributed by atoms with Crippen LogP contribution in [0.5, 0.6) is 0 Å². The van der Waals surface area contributed by atoms with Crippen LogP contribution in [-0.4, -0.2) is 30.1 Å². The number of carbonyl (C=O) groups is 1. The molecule has 0 aromatic carbocycles. The van der Waals surface area contributed by atoms with E-state index in [2.05, 4.69) is 0 Å². The first-order valence-corrected chi connectivity index (χ1v) is 4.21. The van der Waals surface area contributed by atoms with Gasteiger partial charge in [0.15, 0.2) is 0 Å². The van der Waals surface area contributed by atoms with Gasteiger partial charge in [-0.15, -0.1) is 0 Å². The van der Waals surface area contributed by atoms with Gasteiger partial charge in [-0.1, -0.05) is 0 Å². The number of halogens is 3.